The van der Waals surface area contributed by atoms with Crippen molar-refractivity contribution in [3.05, 3.63) is 88.4 Å². The highest BCUT2D eigenvalue weighted by atomic mass is 16.5. The third-order valence-corrected chi connectivity index (χ3v) is 4.38. The number of carbonyl (C=O) groups is 1. The smallest absolute Gasteiger partial charge is 0.263 e. The van der Waals surface area contributed by atoms with E-state index in [4.69, 9.17) is 4.74 Å². The van der Waals surface area contributed by atoms with Crippen molar-refractivity contribution in [1.82, 2.24) is 25.3 Å². The van der Waals surface area contributed by atoms with Crippen LogP contribution in [0.15, 0.2) is 65.6 Å². The average molecular weight is 389 g/mol. The highest BCUT2D eigenvalue weighted by Gasteiger charge is 2.17. The fourth-order valence-electron chi connectivity index (χ4n) is 2.86. The number of nitrogens with one attached hydrogen (secondary N) is 3. The van der Waals surface area contributed by atoms with Gasteiger partial charge in [0.15, 0.2) is 0 Å². The molecule has 0 aliphatic heterocycles. The number of para-hydroxylation sites is 3. The van der Waals surface area contributed by atoms with Crippen LogP contribution in [0.3, 0.4) is 0 Å². The van der Waals surface area contributed by atoms with Gasteiger partial charge in [-0.15, -0.1) is 0 Å². The zero-order valence-corrected chi connectivity index (χ0v) is 15.7. The number of nitrogens with zero attached hydrogens (tertiary/aromatic N) is 2. The lowest BCUT2D eigenvalue weighted by atomic mass is 10.2. The maximum absolute atomic E-state index is 12.5. The summed E-state index contributed by atoms with van der Waals surface area (Å²) in [6, 6.07) is 16.4. The third kappa shape index (κ3) is 4.16. The first-order chi connectivity index (χ1) is 14.1. The minimum Gasteiger partial charge on any atom is -0.486 e. The van der Waals surface area contributed by atoms with Gasteiger partial charge in [0, 0.05) is 6.20 Å². The Morgan fingerprint density at radius 1 is 1.10 bits per heavy atom. The summed E-state index contributed by atoms with van der Waals surface area (Å²) < 4.78 is 5.55. The minimum absolute atomic E-state index is 0.0728. The van der Waals surface area contributed by atoms with E-state index in [0.29, 0.717) is 17.4 Å². The maximum Gasteiger partial charge on any atom is 0.263 e. The van der Waals surface area contributed by atoms with Crippen molar-refractivity contribution in [2.24, 2.45) is 0 Å². The van der Waals surface area contributed by atoms with Crippen LogP contribution in [-0.2, 0) is 6.61 Å². The Bertz CT molecular complexity index is 1170. The molecule has 8 heteroatoms. The van der Waals surface area contributed by atoms with Crippen LogP contribution in [0.2, 0.25) is 0 Å². The zero-order valence-electron chi connectivity index (χ0n) is 15.7. The number of fused-ring (bicyclic) bond motifs is 1. The van der Waals surface area contributed by atoms with E-state index in [1.165, 1.54) is 6.20 Å². The molecular formula is C21H19N5O3. The number of amides is 1. The van der Waals surface area contributed by atoms with Gasteiger partial charge in [0.2, 0.25) is 0 Å². The molecule has 2 aromatic carbocycles. The van der Waals surface area contributed by atoms with E-state index in [-0.39, 0.29) is 12.2 Å². The van der Waals surface area contributed by atoms with Crippen LogP contribution < -0.4 is 15.6 Å². The molecule has 0 aliphatic carbocycles. The fourth-order valence-corrected chi connectivity index (χ4v) is 2.86. The van der Waals surface area contributed by atoms with Gasteiger partial charge in [0.1, 0.15) is 29.6 Å². The molecule has 2 heterocycles. The predicted octanol–water partition coefficient (Wildman–Crippen LogP) is 2.72. The average Bonchev–Trinajstić information content (AvgIpc) is 3.17. The van der Waals surface area contributed by atoms with E-state index < -0.39 is 17.5 Å². The molecule has 0 unspecified atom stereocenters. The summed E-state index contributed by atoms with van der Waals surface area (Å²) in [5.41, 5.74) is 1.09. The summed E-state index contributed by atoms with van der Waals surface area (Å²) in [6.07, 6.45) is 1.25. The first-order valence-electron chi connectivity index (χ1n) is 9.12. The second kappa shape index (κ2) is 7.97. The largest absolute Gasteiger partial charge is 0.486 e. The van der Waals surface area contributed by atoms with Crippen LogP contribution >= 0.6 is 0 Å². The molecule has 1 atom stereocenters. The second-order valence-corrected chi connectivity index (χ2v) is 6.51. The monoisotopic (exact) mass is 389 g/mol. The lowest BCUT2D eigenvalue weighted by Crippen LogP contribution is -2.32. The molecule has 0 spiro atoms. The summed E-state index contributed by atoms with van der Waals surface area (Å²) in [5, 5.41) is 2.77. The van der Waals surface area contributed by atoms with E-state index in [1.807, 2.05) is 42.5 Å². The first-order valence-corrected chi connectivity index (χ1v) is 9.12. The van der Waals surface area contributed by atoms with Gasteiger partial charge in [0.25, 0.3) is 11.5 Å². The Hall–Kier alpha value is -3.94. The number of imidazole rings is 1. The van der Waals surface area contributed by atoms with E-state index in [9.17, 15) is 9.59 Å². The highest BCUT2D eigenvalue weighted by molar-refractivity contribution is 5.93. The van der Waals surface area contributed by atoms with Crippen molar-refractivity contribution in [1.29, 1.82) is 0 Å². The SMILES string of the molecule is C[C@@H](NC(=O)c1cnc(COc2ccccc2)[nH]c1=O)c1nc2ccccc2[nH]1. The molecular weight excluding hydrogens is 370 g/mol. The molecule has 29 heavy (non-hydrogen) atoms. The van der Waals surface area contributed by atoms with Crippen LogP contribution in [0.4, 0.5) is 0 Å². The Morgan fingerprint density at radius 2 is 1.86 bits per heavy atom. The van der Waals surface area contributed by atoms with Gasteiger partial charge in [-0.25, -0.2) is 9.97 Å². The molecule has 0 aliphatic rings. The van der Waals surface area contributed by atoms with Gasteiger partial charge >= 0.3 is 0 Å². The quantitative estimate of drug-likeness (QED) is 0.469. The number of hydrogen-bond acceptors (Lipinski definition) is 5. The van der Waals surface area contributed by atoms with Gasteiger partial charge in [0.05, 0.1) is 17.1 Å². The normalized spacial score (nSPS) is 11.9. The first kappa shape index (κ1) is 18.4. The Kier molecular flexibility index (Phi) is 5.07. The van der Waals surface area contributed by atoms with Gasteiger partial charge in [-0.3, -0.25) is 9.59 Å². The topological polar surface area (TPSA) is 113 Å². The van der Waals surface area contributed by atoms with Gasteiger partial charge in [-0.05, 0) is 31.2 Å². The molecule has 3 N–H and O–H groups in total. The lowest BCUT2D eigenvalue weighted by molar-refractivity contribution is 0.0936. The molecule has 0 fully saturated rings. The standard InChI is InChI=1S/C21H19N5O3/c1-13(19-24-16-9-5-6-10-17(16)25-19)23-20(27)15-11-22-18(26-21(15)28)12-29-14-7-3-2-4-8-14/h2-11,13H,12H2,1H3,(H,23,27)(H,24,25)(H,22,26,28)/t13-/m1/s1. The number of hydrogen-bond donors (Lipinski definition) is 3. The molecule has 8 nitrogen and oxygen atoms in total. The number of rotatable bonds is 6. The van der Waals surface area contributed by atoms with Crippen molar-refractivity contribution in [2.45, 2.75) is 19.6 Å². The highest BCUT2D eigenvalue weighted by Crippen LogP contribution is 2.15. The summed E-state index contributed by atoms with van der Waals surface area (Å²) in [7, 11) is 0. The van der Waals surface area contributed by atoms with Gasteiger partial charge in [-0.1, -0.05) is 30.3 Å². The fraction of sp³-hybridized carbons (Fsp3) is 0.143. The lowest BCUT2D eigenvalue weighted by Gasteiger charge is -2.11. The number of aromatic amines is 2. The Labute approximate surface area is 166 Å². The van der Waals surface area contributed by atoms with E-state index in [1.54, 1.807) is 19.1 Å². The maximum atomic E-state index is 12.5. The zero-order chi connectivity index (χ0) is 20.2. The van der Waals surface area contributed by atoms with Gasteiger partial charge in [-0.2, -0.15) is 0 Å². The van der Waals surface area contributed by atoms with Crippen molar-refractivity contribution in [3.8, 4) is 5.75 Å². The van der Waals surface area contributed by atoms with Gasteiger partial charge < -0.3 is 20.0 Å². The van der Waals surface area contributed by atoms with Crippen molar-refractivity contribution < 1.29 is 9.53 Å². The van der Waals surface area contributed by atoms with Crippen LogP contribution in [0.25, 0.3) is 11.0 Å². The summed E-state index contributed by atoms with van der Waals surface area (Å²) in [5.74, 6) is 1.08. The van der Waals surface area contributed by atoms with Crippen molar-refractivity contribution in [2.75, 3.05) is 0 Å². The summed E-state index contributed by atoms with van der Waals surface area (Å²) in [4.78, 5) is 39.2. The summed E-state index contributed by atoms with van der Waals surface area (Å²) >= 11 is 0. The van der Waals surface area contributed by atoms with Crippen molar-refractivity contribution in [3.63, 3.8) is 0 Å². The van der Waals surface area contributed by atoms with Crippen LogP contribution in [-0.4, -0.2) is 25.8 Å². The number of aromatic nitrogens is 4. The molecule has 146 valence electrons. The molecule has 4 aromatic rings. The summed E-state index contributed by atoms with van der Waals surface area (Å²) in [6.45, 7) is 1.88. The van der Waals surface area contributed by atoms with E-state index in [2.05, 4.69) is 25.3 Å². The van der Waals surface area contributed by atoms with E-state index in [0.717, 1.165) is 11.0 Å². The minimum atomic E-state index is -0.527. The van der Waals surface area contributed by atoms with Crippen LogP contribution in [0.5, 0.6) is 5.75 Å². The predicted molar refractivity (Wildman–Crippen MR) is 108 cm³/mol. The molecule has 1 amide bonds. The molecule has 4 rings (SSSR count). The van der Waals surface area contributed by atoms with Crippen molar-refractivity contribution >= 4 is 16.9 Å². The van der Waals surface area contributed by atoms with Crippen LogP contribution in [0.1, 0.15) is 35.0 Å². The number of H-pyrrole nitrogens is 2. The second-order valence-electron chi connectivity index (χ2n) is 6.51. The molecule has 0 saturated heterocycles. The molecule has 2 aromatic heterocycles. The van der Waals surface area contributed by atoms with E-state index >= 15 is 0 Å². The molecule has 0 bridgehead atoms. The Balaban J connectivity index is 1.43. The number of benzene rings is 2. The molecule has 0 radical (unpaired) electrons. The third-order valence-electron chi connectivity index (χ3n) is 4.38. The number of ether oxygens (including phenoxy) is 1. The Morgan fingerprint density at radius 3 is 2.62 bits per heavy atom. The van der Waals surface area contributed by atoms with Crippen LogP contribution in [0, 0.1) is 0 Å². The number of carbonyl (C=O) groups excluding carboxylic acids is 1. The molecule has 0 saturated carbocycles.